The summed E-state index contributed by atoms with van der Waals surface area (Å²) in [7, 11) is 0. The number of rotatable bonds is 6. The standard InChI is InChI=1S/C18H17ClF3N3O3/c1-10(13-5-3-4-6-15(13)19)23-11(2)17(26)24-16-8-7-12(25(27)28)9-14(16)18(20,21)22/h3-11,23H,1-2H3,(H,24,26)/p+1/t10-,11-/m1/s1. The first-order valence-corrected chi connectivity index (χ1v) is 8.64. The molecule has 0 aliphatic heterocycles. The van der Waals surface area contributed by atoms with Gasteiger partial charge in [-0.3, -0.25) is 14.9 Å². The molecule has 0 aromatic heterocycles. The summed E-state index contributed by atoms with van der Waals surface area (Å²) in [5.74, 6) is -0.668. The zero-order valence-electron chi connectivity index (χ0n) is 15.0. The van der Waals surface area contributed by atoms with Gasteiger partial charge in [-0.1, -0.05) is 29.8 Å². The second-order valence-corrected chi connectivity index (χ2v) is 6.67. The summed E-state index contributed by atoms with van der Waals surface area (Å²) in [6.45, 7) is 3.36. The Morgan fingerprint density at radius 2 is 1.86 bits per heavy atom. The summed E-state index contributed by atoms with van der Waals surface area (Å²) >= 11 is 6.12. The molecule has 0 fully saturated rings. The Kier molecular flexibility index (Phi) is 6.63. The summed E-state index contributed by atoms with van der Waals surface area (Å²) in [6, 6.07) is 8.30. The van der Waals surface area contributed by atoms with E-state index in [2.05, 4.69) is 5.32 Å². The van der Waals surface area contributed by atoms with Gasteiger partial charge in [0.2, 0.25) is 0 Å². The molecule has 0 bridgehead atoms. The molecule has 3 N–H and O–H groups in total. The number of benzene rings is 2. The number of nitrogens with zero attached hydrogens (tertiary/aromatic N) is 1. The lowest BCUT2D eigenvalue weighted by atomic mass is 10.1. The van der Waals surface area contributed by atoms with Crippen LogP contribution in [0.25, 0.3) is 0 Å². The highest BCUT2D eigenvalue weighted by Crippen LogP contribution is 2.37. The second kappa shape index (κ2) is 8.57. The Bertz CT molecular complexity index is 890. The average Bonchev–Trinajstić information content (AvgIpc) is 2.61. The molecule has 2 aromatic carbocycles. The van der Waals surface area contributed by atoms with Crippen molar-refractivity contribution < 1.29 is 28.2 Å². The predicted octanol–water partition coefficient (Wildman–Crippen LogP) is 3.92. The summed E-state index contributed by atoms with van der Waals surface area (Å²) < 4.78 is 39.7. The number of amides is 1. The normalized spacial score (nSPS) is 13.6. The summed E-state index contributed by atoms with van der Waals surface area (Å²) in [5, 5.41) is 15.1. The molecule has 0 saturated heterocycles. The van der Waals surface area contributed by atoms with Crippen LogP contribution in [-0.2, 0) is 11.0 Å². The van der Waals surface area contributed by atoms with E-state index in [-0.39, 0.29) is 6.04 Å². The van der Waals surface area contributed by atoms with Crippen molar-refractivity contribution in [2.24, 2.45) is 0 Å². The molecule has 0 radical (unpaired) electrons. The van der Waals surface area contributed by atoms with Crippen molar-refractivity contribution in [3.05, 3.63) is 68.7 Å². The van der Waals surface area contributed by atoms with Gasteiger partial charge in [-0.25, -0.2) is 0 Å². The molecule has 2 aromatic rings. The lowest BCUT2D eigenvalue weighted by Gasteiger charge is -2.19. The zero-order valence-corrected chi connectivity index (χ0v) is 15.7. The van der Waals surface area contributed by atoms with E-state index in [0.717, 1.165) is 17.7 Å². The number of carbonyl (C=O) groups excluding carboxylic acids is 1. The first-order valence-electron chi connectivity index (χ1n) is 8.26. The maximum absolute atomic E-state index is 13.2. The van der Waals surface area contributed by atoms with Crippen LogP contribution in [0.15, 0.2) is 42.5 Å². The number of carbonyl (C=O) groups is 1. The fourth-order valence-corrected chi connectivity index (χ4v) is 3.01. The first kappa shape index (κ1) is 21.6. The number of nitro benzene ring substituents is 1. The van der Waals surface area contributed by atoms with Crippen molar-refractivity contribution in [3.8, 4) is 0 Å². The minimum Gasteiger partial charge on any atom is -0.330 e. The van der Waals surface area contributed by atoms with E-state index < -0.39 is 40.0 Å². The van der Waals surface area contributed by atoms with Gasteiger partial charge in [-0.05, 0) is 26.0 Å². The molecular formula is C18H18ClF3N3O3+. The molecule has 6 nitrogen and oxygen atoms in total. The van der Waals surface area contributed by atoms with Crippen LogP contribution in [0.3, 0.4) is 0 Å². The molecule has 2 rings (SSSR count). The van der Waals surface area contributed by atoms with E-state index in [1.165, 1.54) is 0 Å². The maximum Gasteiger partial charge on any atom is 0.418 e. The van der Waals surface area contributed by atoms with E-state index in [1.807, 2.05) is 6.92 Å². The molecular weight excluding hydrogens is 399 g/mol. The Balaban J connectivity index is 2.17. The number of quaternary nitrogens is 1. The van der Waals surface area contributed by atoms with Crippen LogP contribution in [0, 0.1) is 10.1 Å². The number of alkyl halides is 3. The monoisotopic (exact) mass is 416 g/mol. The van der Waals surface area contributed by atoms with E-state index in [4.69, 9.17) is 11.6 Å². The highest BCUT2D eigenvalue weighted by molar-refractivity contribution is 6.31. The van der Waals surface area contributed by atoms with Gasteiger partial charge in [-0.15, -0.1) is 0 Å². The number of hydrogen-bond donors (Lipinski definition) is 2. The zero-order chi connectivity index (χ0) is 21.1. The van der Waals surface area contributed by atoms with Crippen molar-refractivity contribution in [1.82, 2.24) is 0 Å². The van der Waals surface area contributed by atoms with Gasteiger partial charge in [0, 0.05) is 22.7 Å². The highest BCUT2D eigenvalue weighted by atomic mass is 35.5. The van der Waals surface area contributed by atoms with Crippen LogP contribution >= 0.6 is 11.6 Å². The van der Waals surface area contributed by atoms with Crippen LogP contribution in [0.2, 0.25) is 5.02 Å². The SMILES string of the molecule is C[C@@H]([NH2+][C@H](C)c1ccccc1Cl)C(=O)Nc1ccc([N+](=O)[O-])cc1C(F)(F)F. The molecule has 2 atom stereocenters. The van der Waals surface area contributed by atoms with Crippen LogP contribution in [0.1, 0.15) is 31.0 Å². The van der Waals surface area contributed by atoms with E-state index in [1.54, 1.807) is 36.5 Å². The van der Waals surface area contributed by atoms with Gasteiger partial charge < -0.3 is 10.6 Å². The Morgan fingerprint density at radius 3 is 2.43 bits per heavy atom. The largest absolute Gasteiger partial charge is 0.418 e. The third-order valence-electron chi connectivity index (χ3n) is 4.16. The van der Waals surface area contributed by atoms with Crippen molar-refractivity contribution >= 4 is 28.9 Å². The first-order chi connectivity index (χ1) is 13.0. The molecule has 0 aliphatic rings. The Morgan fingerprint density at radius 1 is 1.21 bits per heavy atom. The smallest absolute Gasteiger partial charge is 0.330 e. The molecule has 1 amide bonds. The lowest BCUT2D eigenvalue weighted by molar-refractivity contribution is -0.709. The second-order valence-electron chi connectivity index (χ2n) is 6.27. The van der Waals surface area contributed by atoms with Crippen molar-refractivity contribution in [2.75, 3.05) is 5.32 Å². The van der Waals surface area contributed by atoms with Crippen molar-refractivity contribution in [1.29, 1.82) is 0 Å². The third kappa shape index (κ3) is 5.20. The van der Waals surface area contributed by atoms with E-state index in [9.17, 15) is 28.1 Å². The minimum atomic E-state index is -4.85. The summed E-state index contributed by atoms with van der Waals surface area (Å²) in [4.78, 5) is 22.2. The summed E-state index contributed by atoms with van der Waals surface area (Å²) in [5.41, 5.74) is -1.73. The van der Waals surface area contributed by atoms with E-state index in [0.29, 0.717) is 11.1 Å². The highest BCUT2D eigenvalue weighted by Gasteiger charge is 2.36. The number of hydrogen-bond acceptors (Lipinski definition) is 3. The molecule has 0 spiro atoms. The van der Waals surface area contributed by atoms with Crippen LogP contribution in [0.4, 0.5) is 24.5 Å². The van der Waals surface area contributed by atoms with Crippen LogP contribution in [0.5, 0.6) is 0 Å². The predicted molar refractivity (Wildman–Crippen MR) is 98.0 cm³/mol. The quantitative estimate of drug-likeness (QED) is 0.552. The van der Waals surface area contributed by atoms with Crippen molar-refractivity contribution in [2.45, 2.75) is 32.1 Å². The minimum absolute atomic E-state index is 0.214. The van der Waals surface area contributed by atoms with Crippen molar-refractivity contribution in [3.63, 3.8) is 0 Å². The lowest BCUT2D eigenvalue weighted by Crippen LogP contribution is -2.91. The molecule has 0 heterocycles. The summed E-state index contributed by atoms with van der Waals surface area (Å²) in [6.07, 6.45) is -4.85. The molecule has 0 aliphatic carbocycles. The maximum atomic E-state index is 13.2. The number of halogens is 4. The van der Waals surface area contributed by atoms with Gasteiger partial charge in [0.25, 0.3) is 11.6 Å². The van der Waals surface area contributed by atoms with E-state index >= 15 is 0 Å². The molecule has 0 saturated carbocycles. The number of nitrogens with two attached hydrogens (primary N) is 1. The van der Waals surface area contributed by atoms with Gasteiger partial charge >= 0.3 is 6.18 Å². The fraction of sp³-hybridized carbons (Fsp3) is 0.278. The Labute approximate surface area is 163 Å². The van der Waals surface area contributed by atoms with Gasteiger partial charge in [0.05, 0.1) is 16.2 Å². The fourth-order valence-electron chi connectivity index (χ4n) is 2.70. The number of anilines is 1. The number of nitro groups is 1. The molecule has 10 heteroatoms. The third-order valence-corrected chi connectivity index (χ3v) is 4.51. The number of nitrogens with one attached hydrogen (secondary N) is 1. The van der Waals surface area contributed by atoms with Gasteiger partial charge in [0.15, 0.2) is 6.04 Å². The van der Waals surface area contributed by atoms with Gasteiger partial charge in [-0.2, -0.15) is 13.2 Å². The van der Waals surface area contributed by atoms with Crippen LogP contribution in [-0.4, -0.2) is 16.9 Å². The Hall–Kier alpha value is -2.65. The molecule has 150 valence electrons. The topological polar surface area (TPSA) is 88.8 Å². The molecule has 28 heavy (non-hydrogen) atoms. The van der Waals surface area contributed by atoms with Crippen LogP contribution < -0.4 is 10.6 Å². The molecule has 0 unspecified atom stereocenters. The average molecular weight is 417 g/mol. The number of non-ortho nitro benzene ring substituents is 1. The van der Waals surface area contributed by atoms with Gasteiger partial charge in [0.1, 0.15) is 6.04 Å².